The van der Waals surface area contributed by atoms with Gasteiger partial charge in [0.2, 0.25) is 23.6 Å². The Balaban J connectivity index is 0.756. The van der Waals surface area contributed by atoms with Gasteiger partial charge in [-0.2, -0.15) is 0 Å². The number of β-amino-alcohol motifs (C(OH)–C–C–N with tert-alkyl or cyclic N) is 1. The summed E-state index contributed by atoms with van der Waals surface area (Å²) < 4.78 is 0. The zero-order valence-electron chi connectivity index (χ0n) is 44.2. The summed E-state index contributed by atoms with van der Waals surface area (Å²) in [5.74, 6) is -0.480. The van der Waals surface area contributed by atoms with Crippen LogP contribution in [0.15, 0.2) is 60.2 Å². The van der Waals surface area contributed by atoms with Crippen molar-refractivity contribution in [2.75, 3.05) is 63.1 Å². The molecule has 2 aromatic heterocycles. The van der Waals surface area contributed by atoms with Gasteiger partial charge in [-0.25, -0.2) is 19.7 Å². The summed E-state index contributed by atoms with van der Waals surface area (Å²) >= 11 is 1.57. The summed E-state index contributed by atoms with van der Waals surface area (Å²) in [5, 5.41) is 19.9. The number of aliphatic hydroxyl groups is 1. The Hall–Kier alpha value is -6.67. The van der Waals surface area contributed by atoms with Gasteiger partial charge >= 0.3 is 6.03 Å². The molecule has 4 aromatic rings. The van der Waals surface area contributed by atoms with Gasteiger partial charge in [0.15, 0.2) is 11.5 Å². The van der Waals surface area contributed by atoms with Gasteiger partial charge in [-0.15, -0.1) is 11.3 Å². The second-order valence-corrected chi connectivity index (χ2v) is 22.6. The molecule has 6 N–H and O–H groups in total. The van der Waals surface area contributed by atoms with E-state index in [0.717, 1.165) is 65.2 Å². The largest absolute Gasteiger partial charge is 0.391 e. The number of carbonyl (C=O) groups is 6. The average molecular weight is 1050 g/mol. The highest BCUT2D eigenvalue weighted by Crippen LogP contribution is 2.33. The number of thiazole rings is 1. The number of nitrogens with two attached hydrogens (primary N) is 1. The molecule has 402 valence electrons. The monoisotopic (exact) mass is 1050 g/mol. The fourth-order valence-electron chi connectivity index (χ4n) is 10.8. The zero-order valence-corrected chi connectivity index (χ0v) is 45.0. The van der Waals surface area contributed by atoms with E-state index < -0.39 is 35.4 Å². The number of amides is 7. The van der Waals surface area contributed by atoms with E-state index in [0.29, 0.717) is 64.2 Å². The number of hydrogen-bond donors (Lipinski definition) is 5. The molecule has 6 heterocycles. The molecule has 19 nitrogen and oxygen atoms in total. The number of carbonyl (C=O) groups excluding carboxylic acids is 6. The molecule has 4 saturated heterocycles. The third-order valence-corrected chi connectivity index (χ3v) is 16.2. The van der Waals surface area contributed by atoms with E-state index in [-0.39, 0.29) is 72.7 Å². The molecular formula is C55H74N12O7S. The smallest absolute Gasteiger partial charge is 0.320 e. The highest BCUT2D eigenvalue weighted by molar-refractivity contribution is 7.13. The summed E-state index contributed by atoms with van der Waals surface area (Å²) in [6.45, 7) is 13.5. The number of nitrogens with zero attached hydrogens (tertiary/aromatic N) is 8. The van der Waals surface area contributed by atoms with Crippen LogP contribution in [0.3, 0.4) is 0 Å². The lowest BCUT2D eigenvalue weighted by Crippen LogP contribution is -2.57. The van der Waals surface area contributed by atoms with Crippen LogP contribution < -0.4 is 26.6 Å². The summed E-state index contributed by atoms with van der Waals surface area (Å²) in [7, 11) is 1.82. The highest BCUT2D eigenvalue weighted by Gasteiger charge is 2.45. The second kappa shape index (κ2) is 23.9. The maximum absolute atomic E-state index is 14.2. The summed E-state index contributed by atoms with van der Waals surface area (Å²) in [5.41, 5.74) is 11.7. The summed E-state index contributed by atoms with van der Waals surface area (Å²) in [6.07, 6.45) is 6.69. The van der Waals surface area contributed by atoms with Gasteiger partial charge in [0.25, 0.3) is 5.91 Å². The molecule has 7 amide bonds. The topological polar surface area (TPSA) is 240 Å². The molecule has 0 spiro atoms. The highest BCUT2D eigenvalue weighted by atomic mass is 32.1. The Morgan fingerprint density at radius 2 is 1.60 bits per heavy atom. The van der Waals surface area contributed by atoms with Crippen molar-refractivity contribution in [2.24, 2.45) is 11.1 Å². The van der Waals surface area contributed by atoms with Crippen LogP contribution >= 0.6 is 11.3 Å². The number of aryl methyl sites for hydroxylation is 1. The number of unbranched alkanes of at least 4 members (excludes halogenated alkanes) is 2. The van der Waals surface area contributed by atoms with Gasteiger partial charge in [-0.3, -0.25) is 24.0 Å². The number of primary amides is 1. The summed E-state index contributed by atoms with van der Waals surface area (Å²) in [6, 6.07) is 13.9. The number of likely N-dealkylation sites (tertiary alicyclic amines) is 2. The number of benzene rings is 2. The Kier molecular flexibility index (Phi) is 17.4. The standard InChI is InChI=1S/C55H74N12O7S/c1-34(36-14-16-39(17-15-36)48-35(2)58-33-75-48)59-52(72)43-29-42(68)32-67(43)53(73)49(55(3,4)5)62-45(69)12-8-7-9-13-46(70)64-25-22-38(23-26-64)37-18-20-40(21-19-37)60-51-47(50(56)71)57-30-44(61-51)65-24-10-11-41(31-65)66-28-27-63(6)54(66)74/h14-21,30,33-34,38,41-43,49,68H,7-13,22-29,31-32H2,1-6H3,(H2,56,71)(H,59,72)(H,60,61)(H,62,69)/t34-,41+,42+,43-,49+/m0/s1. The van der Waals surface area contributed by atoms with Crippen LogP contribution in [0.5, 0.6) is 0 Å². The lowest BCUT2D eigenvalue weighted by Gasteiger charge is -2.37. The van der Waals surface area contributed by atoms with Crippen LogP contribution in [0.4, 0.5) is 22.1 Å². The summed E-state index contributed by atoms with van der Waals surface area (Å²) in [4.78, 5) is 103. The fourth-order valence-corrected chi connectivity index (χ4v) is 11.6. The lowest BCUT2D eigenvalue weighted by molar-refractivity contribution is -0.144. The van der Waals surface area contributed by atoms with Gasteiger partial charge < -0.3 is 51.3 Å². The van der Waals surface area contributed by atoms with Gasteiger partial charge in [0, 0.05) is 77.8 Å². The third-order valence-electron chi connectivity index (χ3n) is 15.3. The molecule has 0 unspecified atom stereocenters. The SMILES string of the molecule is Cc1ncsc1-c1ccc([C@H](C)NC(=O)[C@@H]2C[C@@H](O)CN2C(=O)[C@@H](NC(=O)CCCCCC(=O)N2CCC(c3ccc(Nc4nc(N5CCC[C@@H](N6CCN(C)C6=O)C5)cnc4C(N)=O)cc3)CC2)C(C)(C)C)cc1. The minimum Gasteiger partial charge on any atom is -0.391 e. The Morgan fingerprint density at radius 1 is 0.880 bits per heavy atom. The Morgan fingerprint density at radius 3 is 2.25 bits per heavy atom. The van der Waals surface area contributed by atoms with Crippen molar-refractivity contribution in [3.63, 3.8) is 0 Å². The molecule has 75 heavy (non-hydrogen) atoms. The number of urea groups is 1. The Bertz CT molecular complexity index is 2690. The molecule has 8 rings (SSSR count). The first-order valence-corrected chi connectivity index (χ1v) is 27.4. The molecular weight excluding hydrogens is 973 g/mol. The van der Waals surface area contributed by atoms with E-state index in [2.05, 4.69) is 43.0 Å². The number of aromatic nitrogens is 3. The molecule has 4 aliphatic rings. The van der Waals surface area contributed by atoms with Crippen molar-refractivity contribution in [1.29, 1.82) is 0 Å². The van der Waals surface area contributed by atoms with Crippen LogP contribution in [0, 0.1) is 12.3 Å². The van der Waals surface area contributed by atoms with Crippen molar-refractivity contribution in [1.82, 2.24) is 45.2 Å². The van der Waals surface area contributed by atoms with E-state index in [4.69, 9.17) is 10.7 Å². The average Bonchev–Trinajstić information content (AvgIpc) is 4.11. The van der Waals surface area contributed by atoms with E-state index in [1.807, 2.05) is 93.4 Å². The number of rotatable bonds is 18. The van der Waals surface area contributed by atoms with Crippen LogP contribution in [-0.2, 0) is 19.2 Å². The Labute approximate surface area is 444 Å². The van der Waals surface area contributed by atoms with Crippen LogP contribution in [0.1, 0.15) is 131 Å². The predicted octanol–water partition coefficient (Wildman–Crippen LogP) is 6.11. The molecule has 0 radical (unpaired) electrons. The molecule has 4 fully saturated rings. The predicted molar refractivity (Wildman–Crippen MR) is 288 cm³/mol. The van der Waals surface area contributed by atoms with Gasteiger partial charge in [-0.05, 0) is 92.5 Å². The first-order valence-electron chi connectivity index (χ1n) is 26.5. The van der Waals surface area contributed by atoms with E-state index in [1.54, 1.807) is 22.4 Å². The first kappa shape index (κ1) is 54.6. The number of hydrogen-bond acceptors (Lipinski definition) is 13. The lowest BCUT2D eigenvalue weighted by atomic mass is 9.85. The number of anilines is 3. The van der Waals surface area contributed by atoms with E-state index in [1.165, 1.54) is 4.90 Å². The van der Waals surface area contributed by atoms with Crippen LogP contribution in [0.2, 0.25) is 0 Å². The first-order chi connectivity index (χ1) is 35.8. The van der Waals surface area contributed by atoms with Crippen LogP contribution in [-0.4, -0.2) is 152 Å². The number of piperidine rings is 2. The minimum absolute atomic E-state index is 0.00788. The second-order valence-electron chi connectivity index (χ2n) is 21.8. The maximum Gasteiger partial charge on any atom is 0.320 e. The van der Waals surface area contributed by atoms with Crippen molar-refractivity contribution >= 4 is 64.2 Å². The zero-order chi connectivity index (χ0) is 53.6. The molecule has 4 aliphatic heterocycles. The van der Waals surface area contributed by atoms with Gasteiger partial charge in [0.05, 0.1) is 40.5 Å². The molecule has 0 aliphatic carbocycles. The van der Waals surface area contributed by atoms with Crippen molar-refractivity contribution < 1.29 is 33.9 Å². The number of nitrogens with one attached hydrogen (secondary N) is 3. The van der Waals surface area contributed by atoms with Gasteiger partial charge in [-0.1, -0.05) is 63.6 Å². The molecule has 2 aromatic carbocycles. The number of aliphatic hydroxyl groups excluding tert-OH is 1. The maximum atomic E-state index is 14.2. The molecule has 0 bridgehead atoms. The van der Waals surface area contributed by atoms with E-state index in [9.17, 15) is 33.9 Å². The van der Waals surface area contributed by atoms with Crippen molar-refractivity contribution in [3.05, 3.63) is 82.8 Å². The normalized spacial score (nSPS) is 20.3. The van der Waals surface area contributed by atoms with E-state index >= 15 is 0 Å². The quantitative estimate of drug-likeness (QED) is 0.0710. The van der Waals surface area contributed by atoms with Gasteiger partial charge in [0.1, 0.15) is 17.9 Å². The van der Waals surface area contributed by atoms with Crippen LogP contribution in [0.25, 0.3) is 10.4 Å². The molecule has 20 heteroatoms. The molecule has 0 saturated carbocycles. The van der Waals surface area contributed by atoms with Crippen molar-refractivity contribution in [3.8, 4) is 10.4 Å². The minimum atomic E-state index is -0.920. The number of likely N-dealkylation sites (N-methyl/N-ethyl adjacent to an activating group) is 1. The fraction of sp³-hybridized carbons (Fsp3) is 0.545. The third kappa shape index (κ3) is 13.2. The molecule has 5 atom stereocenters. The van der Waals surface area contributed by atoms with Crippen molar-refractivity contribution in [2.45, 2.75) is 135 Å².